The van der Waals surface area contributed by atoms with Crippen LogP contribution >= 0.6 is 22.7 Å². The number of carbonyl (C=O) groups is 1. The minimum atomic E-state index is -0.250. The molecule has 4 nitrogen and oxygen atoms in total. The minimum absolute atomic E-state index is 0.250. The number of hydrogen-bond donors (Lipinski definition) is 0. The Morgan fingerprint density at radius 2 is 2.20 bits per heavy atom. The van der Waals surface area contributed by atoms with Gasteiger partial charge in [0.25, 0.3) is 5.91 Å². The molecule has 0 bridgehead atoms. The number of methoxy groups -OCH3 is 1. The lowest BCUT2D eigenvalue weighted by atomic mass is 10.1. The van der Waals surface area contributed by atoms with Crippen LogP contribution in [0.5, 0.6) is 0 Å². The number of amides is 1. The first kappa shape index (κ1) is 17.8. The summed E-state index contributed by atoms with van der Waals surface area (Å²) in [5.74, 6) is -0.250. The molecule has 6 heteroatoms. The average Bonchev–Trinajstić information content (AvgIpc) is 3.18. The van der Waals surface area contributed by atoms with Crippen molar-refractivity contribution in [3.05, 3.63) is 56.5 Å². The highest BCUT2D eigenvalue weighted by atomic mass is 32.1. The van der Waals surface area contributed by atoms with Crippen molar-refractivity contribution in [3.63, 3.8) is 0 Å². The molecule has 2 heterocycles. The van der Waals surface area contributed by atoms with E-state index in [4.69, 9.17) is 4.74 Å². The highest BCUT2D eigenvalue weighted by Gasteiger charge is 2.10. The molecule has 25 heavy (non-hydrogen) atoms. The van der Waals surface area contributed by atoms with Crippen LogP contribution in [0, 0.1) is 13.8 Å². The molecule has 0 saturated heterocycles. The van der Waals surface area contributed by atoms with E-state index in [0.717, 1.165) is 15.1 Å². The van der Waals surface area contributed by atoms with Gasteiger partial charge in [0.2, 0.25) is 0 Å². The lowest BCUT2D eigenvalue weighted by Crippen LogP contribution is -2.19. The van der Waals surface area contributed by atoms with E-state index >= 15 is 0 Å². The van der Waals surface area contributed by atoms with E-state index in [1.165, 1.54) is 17.2 Å². The van der Waals surface area contributed by atoms with Crippen LogP contribution in [0.3, 0.4) is 0 Å². The Morgan fingerprint density at radius 1 is 1.36 bits per heavy atom. The Kier molecular flexibility index (Phi) is 5.63. The molecule has 130 valence electrons. The van der Waals surface area contributed by atoms with Crippen molar-refractivity contribution in [1.29, 1.82) is 0 Å². The van der Waals surface area contributed by atoms with Gasteiger partial charge < -0.3 is 9.30 Å². The number of carbonyl (C=O) groups excluding carboxylic acids is 1. The van der Waals surface area contributed by atoms with Crippen LogP contribution < -0.4 is 4.80 Å². The molecule has 0 aliphatic rings. The van der Waals surface area contributed by atoms with Gasteiger partial charge in [-0.1, -0.05) is 23.5 Å². The van der Waals surface area contributed by atoms with Gasteiger partial charge in [0.1, 0.15) is 0 Å². The highest BCUT2D eigenvalue weighted by molar-refractivity contribution is 7.16. The van der Waals surface area contributed by atoms with Crippen molar-refractivity contribution in [3.8, 4) is 0 Å². The lowest BCUT2D eigenvalue weighted by molar-refractivity contribution is -0.113. The van der Waals surface area contributed by atoms with Gasteiger partial charge in [-0.25, -0.2) is 0 Å². The summed E-state index contributed by atoms with van der Waals surface area (Å²) in [6.45, 7) is 5.41. The van der Waals surface area contributed by atoms with E-state index < -0.39 is 0 Å². The number of fused-ring (bicyclic) bond motifs is 1. The van der Waals surface area contributed by atoms with Gasteiger partial charge in [0.15, 0.2) is 4.80 Å². The zero-order valence-electron chi connectivity index (χ0n) is 14.5. The molecule has 3 rings (SSSR count). The van der Waals surface area contributed by atoms with Crippen LogP contribution in [-0.4, -0.2) is 24.2 Å². The molecule has 3 aromatic rings. The van der Waals surface area contributed by atoms with Crippen LogP contribution in [0.4, 0.5) is 0 Å². The molecule has 0 fully saturated rings. The van der Waals surface area contributed by atoms with Crippen LogP contribution in [0.1, 0.15) is 16.0 Å². The predicted octanol–water partition coefficient (Wildman–Crippen LogP) is 4.17. The van der Waals surface area contributed by atoms with Gasteiger partial charge >= 0.3 is 0 Å². The molecule has 0 spiro atoms. The SMILES string of the molecule is COCCn1c(=NC(=O)C=Cc2cccs2)sc2cc(C)cc(C)c21. The van der Waals surface area contributed by atoms with Crippen molar-refractivity contribution in [2.45, 2.75) is 20.4 Å². The summed E-state index contributed by atoms with van der Waals surface area (Å²) in [6, 6.07) is 8.22. The topological polar surface area (TPSA) is 43.6 Å². The van der Waals surface area contributed by atoms with Gasteiger partial charge in [-0.15, -0.1) is 11.3 Å². The van der Waals surface area contributed by atoms with Crippen LogP contribution in [0.15, 0.2) is 40.7 Å². The maximum atomic E-state index is 12.3. The fraction of sp³-hybridized carbons (Fsp3) is 0.263. The average molecular weight is 373 g/mol. The first-order valence-electron chi connectivity index (χ1n) is 7.98. The minimum Gasteiger partial charge on any atom is -0.383 e. The third-order valence-corrected chi connectivity index (χ3v) is 5.63. The first-order chi connectivity index (χ1) is 12.1. The molecule has 0 unspecified atom stereocenters. The van der Waals surface area contributed by atoms with E-state index in [1.54, 1.807) is 35.9 Å². The van der Waals surface area contributed by atoms with Gasteiger partial charge in [0.05, 0.1) is 16.8 Å². The predicted molar refractivity (Wildman–Crippen MR) is 105 cm³/mol. The molecule has 0 aliphatic heterocycles. The molecule has 0 atom stereocenters. The number of ether oxygens (including phenoxy) is 1. The van der Waals surface area contributed by atoms with Gasteiger partial charge in [-0.2, -0.15) is 4.99 Å². The van der Waals surface area contributed by atoms with Crippen LogP contribution in [0.25, 0.3) is 16.3 Å². The van der Waals surface area contributed by atoms with Crippen molar-refractivity contribution < 1.29 is 9.53 Å². The maximum Gasteiger partial charge on any atom is 0.272 e. The molecule has 2 aromatic heterocycles. The quantitative estimate of drug-likeness (QED) is 0.631. The second-order valence-corrected chi connectivity index (χ2v) is 7.74. The summed E-state index contributed by atoms with van der Waals surface area (Å²) in [5, 5.41) is 1.98. The summed E-state index contributed by atoms with van der Waals surface area (Å²) in [5.41, 5.74) is 3.52. The monoisotopic (exact) mass is 372 g/mol. The number of thiophene rings is 1. The van der Waals surface area contributed by atoms with E-state index in [-0.39, 0.29) is 5.91 Å². The van der Waals surface area contributed by atoms with E-state index in [9.17, 15) is 4.79 Å². The summed E-state index contributed by atoms with van der Waals surface area (Å²) in [7, 11) is 1.68. The van der Waals surface area contributed by atoms with Gasteiger partial charge in [0, 0.05) is 24.6 Å². The highest BCUT2D eigenvalue weighted by Crippen LogP contribution is 2.23. The van der Waals surface area contributed by atoms with E-state index in [0.29, 0.717) is 18.0 Å². The Balaban J connectivity index is 2.04. The third-order valence-electron chi connectivity index (χ3n) is 3.77. The van der Waals surface area contributed by atoms with Crippen LogP contribution in [0.2, 0.25) is 0 Å². The standard InChI is InChI=1S/C19H20N2O2S2/c1-13-11-14(2)18-16(12-13)25-19(21(18)8-9-23-3)20-17(22)7-6-15-5-4-10-24-15/h4-7,10-12H,8-9H2,1-3H3. The fourth-order valence-electron chi connectivity index (χ4n) is 2.74. The second kappa shape index (κ2) is 7.91. The number of aromatic nitrogens is 1. The lowest BCUT2D eigenvalue weighted by Gasteiger charge is -2.07. The third kappa shape index (κ3) is 4.15. The Morgan fingerprint density at radius 3 is 2.92 bits per heavy atom. The number of nitrogens with zero attached hydrogens (tertiary/aromatic N) is 2. The molecular formula is C19H20N2O2S2. The Bertz CT molecular complexity index is 979. The normalized spacial score (nSPS) is 12.5. The molecule has 0 saturated carbocycles. The molecular weight excluding hydrogens is 352 g/mol. The summed E-state index contributed by atoms with van der Waals surface area (Å²) in [6.07, 6.45) is 3.33. The smallest absolute Gasteiger partial charge is 0.272 e. The first-order valence-corrected chi connectivity index (χ1v) is 9.68. The number of aryl methyl sites for hydroxylation is 2. The zero-order valence-corrected chi connectivity index (χ0v) is 16.1. The molecule has 0 radical (unpaired) electrons. The summed E-state index contributed by atoms with van der Waals surface area (Å²) < 4.78 is 8.45. The van der Waals surface area contributed by atoms with Crippen molar-refractivity contribution in [2.24, 2.45) is 4.99 Å². The van der Waals surface area contributed by atoms with Gasteiger partial charge in [-0.05, 0) is 48.6 Å². The summed E-state index contributed by atoms with van der Waals surface area (Å²) >= 11 is 3.14. The molecule has 0 N–H and O–H groups in total. The number of thiazole rings is 1. The van der Waals surface area contributed by atoms with E-state index in [2.05, 4.69) is 35.5 Å². The Hall–Kier alpha value is -2.02. The summed E-state index contributed by atoms with van der Waals surface area (Å²) in [4.78, 5) is 18.3. The molecule has 1 aromatic carbocycles. The maximum absolute atomic E-state index is 12.3. The van der Waals surface area contributed by atoms with Crippen molar-refractivity contribution in [2.75, 3.05) is 13.7 Å². The Labute approximate surface area is 154 Å². The van der Waals surface area contributed by atoms with Crippen LogP contribution in [-0.2, 0) is 16.1 Å². The number of hydrogen-bond acceptors (Lipinski definition) is 4. The number of rotatable bonds is 5. The molecule has 1 amide bonds. The fourth-order valence-corrected chi connectivity index (χ4v) is 4.59. The van der Waals surface area contributed by atoms with Crippen molar-refractivity contribution >= 4 is 44.9 Å². The zero-order chi connectivity index (χ0) is 17.8. The van der Waals surface area contributed by atoms with Crippen molar-refractivity contribution in [1.82, 2.24) is 4.57 Å². The largest absolute Gasteiger partial charge is 0.383 e. The second-order valence-electron chi connectivity index (χ2n) is 5.76. The van der Waals surface area contributed by atoms with E-state index in [1.807, 2.05) is 17.5 Å². The van der Waals surface area contributed by atoms with Gasteiger partial charge in [-0.3, -0.25) is 4.79 Å². The number of benzene rings is 1. The molecule has 0 aliphatic carbocycles.